The lowest BCUT2D eigenvalue weighted by Crippen LogP contribution is -2.09. The molecule has 0 radical (unpaired) electrons. The summed E-state index contributed by atoms with van der Waals surface area (Å²) in [5.41, 5.74) is 0.434. The van der Waals surface area contributed by atoms with Crippen molar-refractivity contribution in [2.45, 2.75) is 13.8 Å². The van der Waals surface area contributed by atoms with Crippen molar-refractivity contribution in [1.82, 2.24) is 0 Å². The van der Waals surface area contributed by atoms with Gasteiger partial charge in [0.15, 0.2) is 5.75 Å². The maximum atomic E-state index is 10.9. The third-order valence-electron chi connectivity index (χ3n) is 1.75. The predicted octanol–water partition coefficient (Wildman–Crippen LogP) is 1.58. The average molecular weight is 223 g/mol. The van der Waals surface area contributed by atoms with Gasteiger partial charge >= 0.3 is 5.97 Å². The summed E-state index contributed by atoms with van der Waals surface area (Å²) in [6.07, 6.45) is 0. The van der Waals surface area contributed by atoms with Crippen molar-refractivity contribution in [3.8, 4) is 11.5 Å². The number of carbonyl (C=O) groups excluding carboxylic acids is 2. The molecule has 16 heavy (non-hydrogen) atoms. The molecule has 5 nitrogen and oxygen atoms in total. The molecule has 0 unspecified atom stereocenters. The molecule has 1 aromatic carbocycles. The highest BCUT2D eigenvalue weighted by atomic mass is 16.5. The van der Waals surface area contributed by atoms with Gasteiger partial charge in [-0.2, -0.15) is 0 Å². The van der Waals surface area contributed by atoms with Crippen LogP contribution < -0.4 is 14.8 Å². The first-order chi connectivity index (χ1) is 7.52. The van der Waals surface area contributed by atoms with Crippen molar-refractivity contribution in [2.24, 2.45) is 0 Å². The average Bonchev–Trinajstić information content (AvgIpc) is 2.19. The first-order valence-electron chi connectivity index (χ1n) is 4.67. The SMILES string of the molecule is COc1ccc(NC(C)=O)c(OC(C)=O)c1. The second-order valence-electron chi connectivity index (χ2n) is 3.14. The Kier molecular flexibility index (Phi) is 3.88. The summed E-state index contributed by atoms with van der Waals surface area (Å²) in [7, 11) is 1.50. The number of methoxy groups -OCH3 is 1. The molecule has 1 rings (SSSR count). The van der Waals surface area contributed by atoms with E-state index in [9.17, 15) is 9.59 Å². The van der Waals surface area contributed by atoms with E-state index >= 15 is 0 Å². The van der Waals surface area contributed by atoms with E-state index in [0.717, 1.165) is 0 Å². The number of esters is 1. The largest absolute Gasteiger partial charge is 0.497 e. The monoisotopic (exact) mass is 223 g/mol. The maximum absolute atomic E-state index is 10.9. The van der Waals surface area contributed by atoms with Gasteiger partial charge in [0.05, 0.1) is 12.8 Å². The zero-order chi connectivity index (χ0) is 12.1. The highest BCUT2D eigenvalue weighted by Gasteiger charge is 2.09. The van der Waals surface area contributed by atoms with Gasteiger partial charge in [0.25, 0.3) is 0 Å². The fourth-order valence-electron chi connectivity index (χ4n) is 1.16. The molecule has 0 aliphatic rings. The molecule has 0 aliphatic carbocycles. The number of benzene rings is 1. The van der Waals surface area contributed by atoms with Gasteiger partial charge in [-0.05, 0) is 12.1 Å². The molecule has 1 aromatic rings. The molecule has 0 saturated heterocycles. The zero-order valence-electron chi connectivity index (χ0n) is 9.37. The quantitative estimate of drug-likeness (QED) is 0.624. The van der Waals surface area contributed by atoms with Gasteiger partial charge in [-0.1, -0.05) is 0 Å². The van der Waals surface area contributed by atoms with Crippen LogP contribution in [-0.4, -0.2) is 19.0 Å². The molecule has 0 bridgehead atoms. The first-order valence-corrected chi connectivity index (χ1v) is 4.67. The summed E-state index contributed by atoms with van der Waals surface area (Å²) in [6.45, 7) is 2.67. The third-order valence-corrected chi connectivity index (χ3v) is 1.75. The van der Waals surface area contributed by atoms with Crippen molar-refractivity contribution in [1.29, 1.82) is 0 Å². The van der Waals surface area contributed by atoms with Crippen molar-refractivity contribution in [3.63, 3.8) is 0 Å². The Morgan fingerprint density at radius 1 is 1.25 bits per heavy atom. The lowest BCUT2D eigenvalue weighted by Gasteiger charge is -2.10. The van der Waals surface area contributed by atoms with Gasteiger partial charge in [0.1, 0.15) is 5.75 Å². The summed E-state index contributed by atoms with van der Waals surface area (Å²) in [6, 6.07) is 4.81. The van der Waals surface area contributed by atoms with Crippen LogP contribution in [0.1, 0.15) is 13.8 Å². The van der Waals surface area contributed by atoms with Crippen LogP contribution in [0.25, 0.3) is 0 Å². The van der Waals surface area contributed by atoms with Gasteiger partial charge in [0, 0.05) is 19.9 Å². The van der Waals surface area contributed by atoms with Crippen molar-refractivity contribution in [3.05, 3.63) is 18.2 Å². The highest BCUT2D eigenvalue weighted by molar-refractivity contribution is 5.91. The van der Waals surface area contributed by atoms with Crippen molar-refractivity contribution in [2.75, 3.05) is 12.4 Å². The molecule has 0 aliphatic heterocycles. The van der Waals surface area contributed by atoms with E-state index < -0.39 is 5.97 Å². The lowest BCUT2D eigenvalue weighted by atomic mass is 10.2. The minimum atomic E-state index is -0.458. The molecule has 0 spiro atoms. The first kappa shape index (κ1) is 12.0. The Balaban J connectivity index is 3.05. The minimum Gasteiger partial charge on any atom is -0.497 e. The van der Waals surface area contributed by atoms with Crippen LogP contribution >= 0.6 is 0 Å². The molecule has 5 heteroatoms. The van der Waals surface area contributed by atoms with Crippen LogP contribution in [0.5, 0.6) is 11.5 Å². The van der Waals surface area contributed by atoms with Gasteiger partial charge in [-0.15, -0.1) is 0 Å². The molecule has 0 atom stereocenters. The van der Waals surface area contributed by atoms with Gasteiger partial charge in [-0.25, -0.2) is 0 Å². The zero-order valence-corrected chi connectivity index (χ0v) is 9.37. The van der Waals surface area contributed by atoms with Gasteiger partial charge < -0.3 is 14.8 Å². The summed E-state index contributed by atoms with van der Waals surface area (Å²) in [4.78, 5) is 21.8. The molecular formula is C11H13NO4. The topological polar surface area (TPSA) is 64.6 Å². The number of ether oxygens (including phenoxy) is 2. The van der Waals surface area contributed by atoms with E-state index in [4.69, 9.17) is 9.47 Å². The Hall–Kier alpha value is -2.04. The van der Waals surface area contributed by atoms with E-state index in [1.54, 1.807) is 12.1 Å². The molecule has 0 fully saturated rings. The summed E-state index contributed by atoms with van der Waals surface area (Å²) in [5.74, 6) is 0.117. The van der Waals surface area contributed by atoms with E-state index in [1.165, 1.54) is 27.0 Å². The number of anilines is 1. The number of amides is 1. The third kappa shape index (κ3) is 3.27. The Labute approximate surface area is 93.4 Å². The Bertz CT molecular complexity index is 414. The van der Waals surface area contributed by atoms with Gasteiger partial charge in [-0.3, -0.25) is 9.59 Å². The molecule has 1 amide bonds. The van der Waals surface area contributed by atoms with E-state index in [1.807, 2.05) is 0 Å². The minimum absolute atomic E-state index is 0.237. The molecule has 86 valence electrons. The molecular weight excluding hydrogens is 210 g/mol. The van der Waals surface area contributed by atoms with Crippen LogP contribution in [0.2, 0.25) is 0 Å². The van der Waals surface area contributed by atoms with E-state index in [2.05, 4.69) is 5.32 Å². The van der Waals surface area contributed by atoms with Crippen LogP contribution in [0.4, 0.5) is 5.69 Å². The van der Waals surface area contributed by atoms with E-state index in [0.29, 0.717) is 11.4 Å². The maximum Gasteiger partial charge on any atom is 0.308 e. The predicted molar refractivity (Wildman–Crippen MR) is 58.6 cm³/mol. The standard InChI is InChI=1S/C11H13NO4/c1-7(13)12-10-5-4-9(15-3)6-11(10)16-8(2)14/h4-6H,1-3H3,(H,12,13). The summed E-state index contributed by atoms with van der Waals surface area (Å²) in [5, 5.41) is 2.56. The number of hydrogen-bond donors (Lipinski definition) is 1. The molecule has 0 heterocycles. The number of hydrogen-bond acceptors (Lipinski definition) is 4. The van der Waals surface area contributed by atoms with E-state index in [-0.39, 0.29) is 11.7 Å². The second-order valence-corrected chi connectivity index (χ2v) is 3.14. The number of nitrogens with one attached hydrogen (secondary N) is 1. The van der Waals surface area contributed by atoms with Crippen molar-refractivity contribution < 1.29 is 19.1 Å². The molecule has 1 N–H and O–H groups in total. The lowest BCUT2D eigenvalue weighted by molar-refractivity contribution is -0.131. The normalized spacial score (nSPS) is 9.44. The second kappa shape index (κ2) is 5.16. The Morgan fingerprint density at radius 2 is 1.94 bits per heavy atom. The highest BCUT2D eigenvalue weighted by Crippen LogP contribution is 2.29. The van der Waals surface area contributed by atoms with Crippen LogP contribution in [0, 0.1) is 0 Å². The number of carbonyl (C=O) groups is 2. The fraction of sp³-hybridized carbons (Fsp3) is 0.273. The van der Waals surface area contributed by atoms with Crippen LogP contribution in [0.3, 0.4) is 0 Å². The summed E-state index contributed by atoms with van der Waals surface area (Å²) >= 11 is 0. The number of rotatable bonds is 3. The fourth-order valence-corrected chi connectivity index (χ4v) is 1.16. The molecule has 0 saturated carbocycles. The van der Waals surface area contributed by atoms with Crippen LogP contribution in [-0.2, 0) is 9.59 Å². The Morgan fingerprint density at radius 3 is 2.44 bits per heavy atom. The smallest absolute Gasteiger partial charge is 0.308 e. The summed E-state index contributed by atoms with van der Waals surface area (Å²) < 4.78 is 9.95. The van der Waals surface area contributed by atoms with Crippen molar-refractivity contribution >= 4 is 17.6 Å². The van der Waals surface area contributed by atoms with Gasteiger partial charge in [0.2, 0.25) is 5.91 Å². The molecule has 0 aromatic heterocycles. The van der Waals surface area contributed by atoms with Crippen LogP contribution in [0.15, 0.2) is 18.2 Å².